The number of carbonyl (C=O) groups is 1. The third-order valence-electron chi connectivity index (χ3n) is 2.09. The second-order valence-electron chi connectivity index (χ2n) is 3.24. The highest BCUT2D eigenvalue weighted by molar-refractivity contribution is 5.90. The van der Waals surface area contributed by atoms with Crippen LogP contribution >= 0.6 is 0 Å². The summed E-state index contributed by atoms with van der Waals surface area (Å²) in [6.07, 6.45) is 6.47. The van der Waals surface area contributed by atoms with E-state index < -0.39 is 0 Å². The van der Waals surface area contributed by atoms with Crippen molar-refractivity contribution >= 4 is 5.78 Å². The van der Waals surface area contributed by atoms with Crippen molar-refractivity contribution in [2.45, 2.75) is 47.0 Å². The summed E-state index contributed by atoms with van der Waals surface area (Å²) in [4.78, 5) is 11.1. The van der Waals surface area contributed by atoms with Gasteiger partial charge in [0.1, 0.15) is 0 Å². The summed E-state index contributed by atoms with van der Waals surface area (Å²) in [5.74, 6) is 0.219. The summed E-state index contributed by atoms with van der Waals surface area (Å²) in [5, 5.41) is 0. The van der Waals surface area contributed by atoms with Crippen molar-refractivity contribution in [3.63, 3.8) is 0 Å². The summed E-state index contributed by atoms with van der Waals surface area (Å²) >= 11 is 0. The zero-order valence-corrected chi connectivity index (χ0v) is 9.18. The lowest BCUT2D eigenvalue weighted by Crippen LogP contribution is -1.91. The summed E-state index contributed by atoms with van der Waals surface area (Å²) in [7, 11) is 0. The molecule has 74 valence electrons. The van der Waals surface area contributed by atoms with Crippen molar-refractivity contribution in [2.24, 2.45) is 0 Å². The van der Waals surface area contributed by atoms with Gasteiger partial charge in [0, 0.05) is 6.42 Å². The van der Waals surface area contributed by atoms with Crippen LogP contribution in [0.1, 0.15) is 47.0 Å². The minimum absolute atomic E-state index is 0.219. The van der Waals surface area contributed by atoms with Gasteiger partial charge in [-0.3, -0.25) is 4.79 Å². The van der Waals surface area contributed by atoms with Crippen LogP contribution in [0, 0.1) is 0 Å². The summed E-state index contributed by atoms with van der Waals surface area (Å²) in [5.41, 5.74) is 2.48. The molecule has 0 aromatic rings. The van der Waals surface area contributed by atoms with Crippen LogP contribution in [0.2, 0.25) is 0 Å². The molecule has 0 saturated heterocycles. The standard InChI is InChI=1S/C12H20O/c1-5-10(4)8-11(6-2)9-12(13)7-3/h8-9H,5-7H2,1-4H3. The van der Waals surface area contributed by atoms with Crippen LogP contribution in [0.4, 0.5) is 0 Å². The molecule has 0 rings (SSSR count). The fraction of sp³-hybridized carbons (Fsp3) is 0.583. The van der Waals surface area contributed by atoms with Crippen LogP contribution in [0.5, 0.6) is 0 Å². The van der Waals surface area contributed by atoms with E-state index in [1.807, 2.05) is 6.92 Å². The molecule has 0 aromatic carbocycles. The van der Waals surface area contributed by atoms with E-state index in [4.69, 9.17) is 0 Å². The van der Waals surface area contributed by atoms with Gasteiger partial charge in [0.25, 0.3) is 0 Å². The van der Waals surface area contributed by atoms with Crippen molar-refractivity contribution in [3.05, 3.63) is 23.3 Å². The number of hydrogen-bond donors (Lipinski definition) is 0. The van der Waals surface area contributed by atoms with Crippen molar-refractivity contribution in [1.82, 2.24) is 0 Å². The maximum absolute atomic E-state index is 11.1. The van der Waals surface area contributed by atoms with E-state index in [0.29, 0.717) is 6.42 Å². The molecule has 0 unspecified atom stereocenters. The molecule has 1 heteroatoms. The lowest BCUT2D eigenvalue weighted by molar-refractivity contribution is -0.114. The Hall–Kier alpha value is -0.850. The minimum Gasteiger partial charge on any atom is -0.295 e. The van der Waals surface area contributed by atoms with E-state index in [2.05, 4.69) is 26.8 Å². The minimum atomic E-state index is 0.219. The molecule has 1 nitrogen and oxygen atoms in total. The highest BCUT2D eigenvalue weighted by Gasteiger charge is 1.95. The molecule has 0 saturated carbocycles. The van der Waals surface area contributed by atoms with Crippen LogP contribution in [0.15, 0.2) is 23.3 Å². The molecular formula is C12H20O. The molecule has 0 heterocycles. The van der Waals surface area contributed by atoms with Gasteiger partial charge in [-0.05, 0) is 31.4 Å². The first kappa shape index (κ1) is 12.2. The van der Waals surface area contributed by atoms with Gasteiger partial charge >= 0.3 is 0 Å². The second kappa shape index (κ2) is 6.64. The number of rotatable bonds is 5. The quantitative estimate of drug-likeness (QED) is 0.466. The molecule has 0 bridgehead atoms. The highest BCUT2D eigenvalue weighted by Crippen LogP contribution is 2.09. The van der Waals surface area contributed by atoms with Crippen molar-refractivity contribution in [1.29, 1.82) is 0 Å². The summed E-state index contributed by atoms with van der Waals surface area (Å²) in [6, 6.07) is 0. The Morgan fingerprint density at radius 1 is 1.00 bits per heavy atom. The van der Waals surface area contributed by atoms with Gasteiger partial charge in [-0.15, -0.1) is 0 Å². The van der Waals surface area contributed by atoms with Crippen LogP contribution in [-0.2, 0) is 4.79 Å². The van der Waals surface area contributed by atoms with Gasteiger partial charge in [0.15, 0.2) is 5.78 Å². The fourth-order valence-corrected chi connectivity index (χ4v) is 0.973. The van der Waals surface area contributed by atoms with Crippen LogP contribution < -0.4 is 0 Å². The Kier molecular flexibility index (Phi) is 6.21. The average molecular weight is 180 g/mol. The van der Waals surface area contributed by atoms with Gasteiger partial charge in [-0.2, -0.15) is 0 Å². The SMILES string of the molecule is CCC(=O)C=C(C=C(C)CC)CC. The Balaban J connectivity index is 4.51. The first-order chi connectivity index (χ1) is 6.13. The largest absolute Gasteiger partial charge is 0.295 e. The topological polar surface area (TPSA) is 17.1 Å². The normalized spacial score (nSPS) is 13.2. The number of allylic oxidation sites excluding steroid dienone is 4. The van der Waals surface area contributed by atoms with E-state index in [1.165, 1.54) is 5.57 Å². The molecule has 0 radical (unpaired) electrons. The molecule has 0 fully saturated rings. The third-order valence-corrected chi connectivity index (χ3v) is 2.09. The van der Waals surface area contributed by atoms with Crippen molar-refractivity contribution in [2.75, 3.05) is 0 Å². The molecule has 0 aliphatic heterocycles. The van der Waals surface area contributed by atoms with Crippen LogP contribution in [0.3, 0.4) is 0 Å². The third kappa shape index (κ3) is 5.40. The molecule has 13 heavy (non-hydrogen) atoms. The van der Waals surface area contributed by atoms with Gasteiger partial charge in [0.2, 0.25) is 0 Å². The molecule has 0 aliphatic rings. The zero-order valence-electron chi connectivity index (χ0n) is 9.18. The van der Waals surface area contributed by atoms with Gasteiger partial charge < -0.3 is 0 Å². The Bertz CT molecular complexity index is 221. The molecule has 0 atom stereocenters. The highest BCUT2D eigenvalue weighted by atomic mass is 16.1. The Labute approximate surface area is 81.5 Å². The number of hydrogen-bond acceptors (Lipinski definition) is 1. The predicted octanol–water partition coefficient (Wildman–Crippen LogP) is 3.66. The van der Waals surface area contributed by atoms with Gasteiger partial charge in [0.05, 0.1) is 0 Å². The second-order valence-corrected chi connectivity index (χ2v) is 3.24. The van der Waals surface area contributed by atoms with Crippen LogP contribution in [-0.4, -0.2) is 5.78 Å². The summed E-state index contributed by atoms with van der Waals surface area (Å²) in [6.45, 7) is 8.19. The Morgan fingerprint density at radius 2 is 1.62 bits per heavy atom. The number of ketones is 1. The van der Waals surface area contributed by atoms with E-state index in [9.17, 15) is 4.79 Å². The van der Waals surface area contributed by atoms with E-state index in [1.54, 1.807) is 6.08 Å². The number of carbonyl (C=O) groups excluding carboxylic acids is 1. The van der Waals surface area contributed by atoms with Crippen molar-refractivity contribution in [3.8, 4) is 0 Å². The van der Waals surface area contributed by atoms with Crippen molar-refractivity contribution < 1.29 is 4.79 Å². The molecule has 0 aliphatic carbocycles. The maximum atomic E-state index is 11.1. The Morgan fingerprint density at radius 3 is 2.00 bits per heavy atom. The molecule has 0 aromatic heterocycles. The molecule has 0 N–H and O–H groups in total. The molecule has 0 spiro atoms. The van der Waals surface area contributed by atoms with Gasteiger partial charge in [-0.25, -0.2) is 0 Å². The fourth-order valence-electron chi connectivity index (χ4n) is 0.973. The average Bonchev–Trinajstić information content (AvgIpc) is 2.16. The smallest absolute Gasteiger partial charge is 0.155 e. The van der Waals surface area contributed by atoms with E-state index in [0.717, 1.165) is 18.4 Å². The molecular weight excluding hydrogens is 160 g/mol. The summed E-state index contributed by atoms with van der Waals surface area (Å²) < 4.78 is 0. The molecule has 0 amide bonds. The van der Waals surface area contributed by atoms with E-state index in [-0.39, 0.29) is 5.78 Å². The first-order valence-corrected chi connectivity index (χ1v) is 5.04. The van der Waals surface area contributed by atoms with Gasteiger partial charge in [-0.1, -0.05) is 32.4 Å². The van der Waals surface area contributed by atoms with E-state index >= 15 is 0 Å². The monoisotopic (exact) mass is 180 g/mol. The van der Waals surface area contributed by atoms with Crippen LogP contribution in [0.25, 0.3) is 0 Å². The zero-order chi connectivity index (χ0) is 10.3. The lowest BCUT2D eigenvalue weighted by Gasteiger charge is -1.99. The maximum Gasteiger partial charge on any atom is 0.155 e. The lowest BCUT2D eigenvalue weighted by atomic mass is 10.1. The first-order valence-electron chi connectivity index (χ1n) is 5.04. The predicted molar refractivity (Wildman–Crippen MR) is 57.7 cm³/mol.